The number of nitrogens with zero attached hydrogens (tertiary/aromatic N) is 1. The molecule has 0 unspecified atom stereocenters. The molecule has 0 saturated carbocycles. The molecule has 23 heavy (non-hydrogen) atoms. The maximum absolute atomic E-state index is 12.0. The lowest BCUT2D eigenvalue weighted by molar-refractivity contribution is 0.0697. The SMILES string of the molecule is CCNC(=O)N(C)c1cc(-c2ccccc2)cc(C(=O)O)c1Cl. The number of carbonyl (C=O) groups is 2. The van der Waals surface area contributed by atoms with Crippen LogP contribution in [0.1, 0.15) is 17.3 Å². The Labute approximate surface area is 139 Å². The minimum absolute atomic E-state index is 0.0333. The van der Waals surface area contributed by atoms with Gasteiger partial charge >= 0.3 is 12.0 Å². The summed E-state index contributed by atoms with van der Waals surface area (Å²) in [4.78, 5) is 24.8. The van der Waals surface area contributed by atoms with Crippen molar-refractivity contribution in [1.29, 1.82) is 0 Å². The lowest BCUT2D eigenvalue weighted by Gasteiger charge is -2.21. The third-order valence-corrected chi connectivity index (χ3v) is 3.78. The van der Waals surface area contributed by atoms with Crippen molar-refractivity contribution in [2.75, 3.05) is 18.5 Å². The lowest BCUT2D eigenvalue weighted by Crippen LogP contribution is -2.37. The summed E-state index contributed by atoms with van der Waals surface area (Å²) in [6, 6.07) is 12.2. The Morgan fingerprint density at radius 2 is 1.83 bits per heavy atom. The molecular weight excluding hydrogens is 316 g/mol. The van der Waals surface area contributed by atoms with Gasteiger partial charge < -0.3 is 10.4 Å². The van der Waals surface area contributed by atoms with E-state index in [0.29, 0.717) is 17.8 Å². The monoisotopic (exact) mass is 332 g/mol. The maximum Gasteiger partial charge on any atom is 0.337 e. The zero-order chi connectivity index (χ0) is 17.0. The second-order valence-electron chi connectivity index (χ2n) is 4.92. The molecule has 0 heterocycles. The highest BCUT2D eigenvalue weighted by atomic mass is 35.5. The van der Waals surface area contributed by atoms with E-state index in [-0.39, 0.29) is 16.6 Å². The van der Waals surface area contributed by atoms with E-state index in [1.165, 1.54) is 11.0 Å². The average Bonchev–Trinajstić information content (AvgIpc) is 2.55. The molecule has 0 aliphatic heterocycles. The van der Waals surface area contributed by atoms with Crippen LogP contribution in [0.25, 0.3) is 11.1 Å². The molecule has 120 valence electrons. The van der Waals surface area contributed by atoms with Gasteiger partial charge in [-0.05, 0) is 30.2 Å². The summed E-state index contributed by atoms with van der Waals surface area (Å²) in [6.07, 6.45) is 0. The van der Waals surface area contributed by atoms with Crippen molar-refractivity contribution in [2.24, 2.45) is 0 Å². The summed E-state index contributed by atoms with van der Waals surface area (Å²) in [5.41, 5.74) is 1.83. The molecule has 0 fully saturated rings. The topological polar surface area (TPSA) is 69.6 Å². The molecule has 6 heteroatoms. The van der Waals surface area contributed by atoms with Crippen LogP contribution in [-0.4, -0.2) is 30.7 Å². The molecule has 0 spiro atoms. The van der Waals surface area contributed by atoms with Crippen molar-refractivity contribution in [1.82, 2.24) is 5.32 Å². The first kappa shape index (κ1) is 16.8. The first-order valence-corrected chi connectivity index (χ1v) is 7.47. The molecule has 0 bridgehead atoms. The standard InChI is InChI=1S/C17H17ClN2O3/c1-3-19-17(23)20(2)14-10-12(11-7-5-4-6-8-11)9-13(15(14)18)16(21)22/h4-10H,3H2,1-2H3,(H,19,23)(H,21,22). The van der Waals surface area contributed by atoms with Crippen molar-refractivity contribution >= 4 is 29.3 Å². The largest absolute Gasteiger partial charge is 0.478 e. The van der Waals surface area contributed by atoms with Gasteiger partial charge in [0.15, 0.2) is 0 Å². The first-order valence-electron chi connectivity index (χ1n) is 7.09. The average molecular weight is 333 g/mol. The molecule has 0 radical (unpaired) electrons. The number of nitrogens with one attached hydrogen (secondary N) is 1. The summed E-state index contributed by atoms with van der Waals surface area (Å²) < 4.78 is 0. The first-order chi connectivity index (χ1) is 11.0. The maximum atomic E-state index is 12.0. The number of carboxylic acid groups (broad SMARTS) is 1. The highest BCUT2D eigenvalue weighted by molar-refractivity contribution is 6.36. The Bertz CT molecular complexity index is 732. The number of hydrogen-bond donors (Lipinski definition) is 2. The van der Waals surface area contributed by atoms with Gasteiger partial charge in [0, 0.05) is 13.6 Å². The molecular formula is C17H17ClN2O3. The van der Waals surface area contributed by atoms with Crippen LogP contribution in [0.2, 0.25) is 5.02 Å². The molecule has 0 aliphatic carbocycles. The number of carbonyl (C=O) groups excluding carboxylic acids is 1. The fourth-order valence-corrected chi connectivity index (χ4v) is 2.50. The highest BCUT2D eigenvalue weighted by Crippen LogP contribution is 2.34. The third-order valence-electron chi connectivity index (χ3n) is 3.38. The van der Waals surface area contributed by atoms with Crippen molar-refractivity contribution in [2.45, 2.75) is 6.92 Å². The quantitative estimate of drug-likeness (QED) is 0.892. The van der Waals surface area contributed by atoms with Crippen molar-refractivity contribution in [3.05, 3.63) is 53.1 Å². The van der Waals surface area contributed by atoms with Gasteiger partial charge in [0.2, 0.25) is 0 Å². The summed E-state index contributed by atoms with van der Waals surface area (Å²) >= 11 is 6.20. The molecule has 2 aromatic rings. The summed E-state index contributed by atoms with van der Waals surface area (Å²) in [5, 5.41) is 12.1. The van der Waals surface area contributed by atoms with Gasteiger partial charge in [0.25, 0.3) is 0 Å². The lowest BCUT2D eigenvalue weighted by atomic mass is 10.0. The molecule has 0 atom stereocenters. The van der Waals surface area contributed by atoms with E-state index in [2.05, 4.69) is 5.32 Å². The molecule has 5 nitrogen and oxygen atoms in total. The van der Waals surface area contributed by atoms with E-state index in [1.807, 2.05) is 30.3 Å². The van der Waals surface area contributed by atoms with Gasteiger partial charge in [-0.15, -0.1) is 0 Å². The number of carboxylic acids is 1. The van der Waals surface area contributed by atoms with Crippen molar-refractivity contribution in [3.8, 4) is 11.1 Å². The second-order valence-corrected chi connectivity index (χ2v) is 5.30. The van der Waals surface area contributed by atoms with Gasteiger partial charge in [-0.25, -0.2) is 9.59 Å². The Hall–Kier alpha value is -2.53. The third kappa shape index (κ3) is 3.63. The zero-order valence-corrected chi connectivity index (χ0v) is 13.6. The number of anilines is 1. The molecule has 0 aromatic heterocycles. The van der Waals surface area contributed by atoms with Crippen molar-refractivity contribution < 1.29 is 14.7 Å². The van der Waals surface area contributed by atoms with Crippen LogP contribution >= 0.6 is 11.6 Å². The van der Waals surface area contributed by atoms with Crippen LogP contribution < -0.4 is 10.2 Å². The molecule has 2 N–H and O–H groups in total. The van der Waals surface area contributed by atoms with Crippen LogP contribution in [0.5, 0.6) is 0 Å². The number of hydrogen-bond acceptors (Lipinski definition) is 2. The van der Waals surface area contributed by atoms with Crippen LogP contribution in [0.4, 0.5) is 10.5 Å². The normalized spacial score (nSPS) is 10.2. The second kappa shape index (κ2) is 7.15. The van der Waals surface area contributed by atoms with E-state index in [9.17, 15) is 14.7 Å². The molecule has 0 aliphatic rings. The van der Waals surface area contributed by atoms with Gasteiger partial charge in [-0.1, -0.05) is 41.9 Å². The Kier molecular flexibility index (Phi) is 5.24. The van der Waals surface area contributed by atoms with E-state index >= 15 is 0 Å². The van der Waals surface area contributed by atoms with E-state index in [1.54, 1.807) is 20.0 Å². The van der Waals surface area contributed by atoms with Gasteiger partial charge in [-0.2, -0.15) is 0 Å². The fourth-order valence-electron chi connectivity index (χ4n) is 2.19. The Balaban J connectivity index is 2.59. The Morgan fingerprint density at radius 1 is 1.17 bits per heavy atom. The highest BCUT2D eigenvalue weighted by Gasteiger charge is 2.20. The van der Waals surface area contributed by atoms with E-state index in [4.69, 9.17) is 11.6 Å². The fraction of sp³-hybridized carbons (Fsp3) is 0.176. The van der Waals surface area contributed by atoms with E-state index in [0.717, 1.165) is 5.56 Å². The Morgan fingerprint density at radius 3 is 2.39 bits per heavy atom. The minimum Gasteiger partial charge on any atom is -0.478 e. The summed E-state index contributed by atoms with van der Waals surface area (Å²) in [7, 11) is 1.55. The number of benzene rings is 2. The van der Waals surface area contributed by atoms with Crippen LogP contribution in [0.3, 0.4) is 0 Å². The van der Waals surface area contributed by atoms with Crippen molar-refractivity contribution in [3.63, 3.8) is 0 Å². The van der Waals surface area contributed by atoms with Crippen LogP contribution in [0, 0.1) is 0 Å². The van der Waals surface area contributed by atoms with Gasteiger partial charge in [0.1, 0.15) is 0 Å². The summed E-state index contributed by atoms with van der Waals surface area (Å²) in [5.74, 6) is -1.14. The van der Waals surface area contributed by atoms with Crippen LogP contribution in [-0.2, 0) is 0 Å². The summed E-state index contributed by atoms with van der Waals surface area (Å²) in [6.45, 7) is 2.27. The smallest absolute Gasteiger partial charge is 0.337 e. The number of amides is 2. The van der Waals surface area contributed by atoms with Gasteiger partial charge in [0.05, 0.1) is 16.3 Å². The molecule has 2 aromatic carbocycles. The molecule has 0 saturated heterocycles. The van der Waals surface area contributed by atoms with Gasteiger partial charge in [-0.3, -0.25) is 4.90 Å². The molecule has 2 amide bonds. The predicted octanol–water partition coefficient (Wildman–Crippen LogP) is 3.87. The molecule has 2 rings (SSSR count). The number of aromatic carboxylic acids is 1. The number of halogens is 1. The zero-order valence-electron chi connectivity index (χ0n) is 12.8. The number of urea groups is 1. The minimum atomic E-state index is -1.14. The number of rotatable bonds is 4. The predicted molar refractivity (Wildman–Crippen MR) is 91.3 cm³/mol. The van der Waals surface area contributed by atoms with E-state index < -0.39 is 5.97 Å². The van der Waals surface area contributed by atoms with Crippen LogP contribution in [0.15, 0.2) is 42.5 Å².